The van der Waals surface area contributed by atoms with Crippen molar-refractivity contribution in [2.75, 3.05) is 0 Å². The van der Waals surface area contributed by atoms with Crippen LogP contribution in [0.2, 0.25) is 5.02 Å². The highest BCUT2D eigenvalue weighted by molar-refractivity contribution is 8.00. The second kappa shape index (κ2) is 8.80. The van der Waals surface area contributed by atoms with Crippen molar-refractivity contribution in [2.24, 2.45) is 0 Å². The molecule has 0 fully saturated rings. The number of benzene rings is 2. The van der Waals surface area contributed by atoms with E-state index in [-0.39, 0.29) is 17.6 Å². The third-order valence-electron chi connectivity index (χ3n) is 4.46. The van der Waals surface area contributed by atoms with Crippen LogP contribution in [0.5, 0.6) is 5.75 Å². The summed E-state index contributed by atoms with van der Waals surface area (Å²) >= 11 is 7.35. The number of hydrogen-bond acceptors (Lipinski definition) is 5. The van der Waals surface area contributed by atoms with E-state index in [0.29, 0.717) is 27.3 Å². The van der Waals surface area contributed by atoms with E-state index in [1.165, 1.54) is 17.3 Å². The fourth-order valence-electron chi connectivity index (χ4n) is 2.59. The minimum Gasteiger partial charge on any atom is -0.486 e. The monoisotopic (exact) mass is 415 g/mol. The minimum atomic E-state index is -0.286. The number of Topliss-reactive ketones (excluding diaryl/α,β-unsaturated/α-hetero) is 1. The topological polar surface area (TPSA) is 67.9 Å². The van der Waals surface area contributed by atoms with Gasteiger partial charge in [-0.05, 0) is 68.7 Å². The van der Waals surface area contributed by atoms with E-state index >= 15 is 0 Å². The van der Waals surface area contributed by atoms with Crippen LogP contribution < -0.4 is 4.74 Å². The Balaban J connectivity index is 1.59. The van der Waals surface area contributed by atoms with Crippen LogP contribution in [0.3, 0.4) is 0 Å². The summed E-state index contributed by atoms with van der Waals surface area (Å²) in [6.45, 7) is 8.09. The molecule has 7 heteroatoms. The predicted octanol–water partition coefficient (Wildman–Crippen LogP) is 5.33. The van der Waals surface area contributed by atoms with E-state index < -0.39 is 0 Å². The number of thioether (sulfide) groups is 1. The molecule has 146 valence electrons. The molecule has 0 aliphatic rings. The molecule has 5 nitrogen and oxygen atoms in total. The molecule has 0 aliphatic carbocycles. The Morgan fingerprint density at radius 3 is 2.64 bits per heavy atom. The number of hydrogen-bond donors (Lipinski definition) is 1. The number of H-pyrrole nitrogens is 1. The minimum absolute atomic E-state index is 0.0624. The number of nitrogens with one attached hydrogen (secondary N) is 1. The Labute approximate surface area is 173 Å². The molecule has 1 atom stereocenters. The number of halogens is 1. The van der Waals surface area contributed by atoms with Gasteiger partial charge in [0.2, 0.25) is 5.16 Å². The van der Waals surface area contributed by atoms with Crippen LogP contribution in [-0.4, -0.2) is 26.2 Å². The summed E-state index contributed by atoms with van der Waals surface area (Å²) in [5, 5.41) is 7.98. The SMILES string of the molecule is Cc1ccc(C(=O)[C@@H](C)Sc2n[nH]c(COc3ccc(Cl)c(C)c3)n2)cc1C. The summed E-state index contributed by atoms with van der Waals surface area (Å²) in [5.41, 5.74) is 3.94. The molecule has 0 saturated carbocycles. The van der Waals surface area contributed by atoms with E-state index in [4.69, 9.17) is 16.3 Å². The number of rotatable bonds is 7. The Morgan fingerprint density at radius 2 is 1.93 bits per heavy atom. The van der Waals surface area contributed by atoms with Crippen molar-refractivity contribution in [1.29, 1.82) is 0 Å². The number of aromatic nitrogens is 3. The van der Waals surface area contributed by atoms with Crippen molar-refractivity contribution >= 4 is 29.1 Å². The normalized spacial score (nSPS) is 12.0. The van der Waals surface area contributed by atoms with Crippen molar-refractivity contribution in [3.8, 4) is 5.75 Å². The molecule has 0 unspecified atom stereocenters. The fraction of sp³-hybridized carbons (Fsp3) is 0.286. The molecule has 28 heavy (non-hydrogen) atoms. The number of carbonyl (C=O) groups is 1. The van der Waals surface area contributed by atoms with Gasteiger partial charge in [-0.3, -0.25) is 9.89 Å². The smallest absolute Gasteiger partial charge is 0.209 e. The van der Waals surface area contributed by atoms with Gasteiger partial charge in [-0.1, -0.05) is 35.5 Å². The molecule has 0 spiro atoms. The standard InChI is InChI=1S/C21H22ClN3O2S/c1-12-5-6-16(9-13(12)2)20(26)15(4)28-21-23-19(24-25-21)11-27-17-7-8-18(22)14(3)10-17/h5-10,15H,11H2,1-4H3,(H,23,24,25)/t15-/m1/s1. The van der Waals surface area contributed by atoms with Crippen LogP contribution >= 0.6 is 23.4 Å². The number of carbonyl (C=O) groups excluding carboxylic acids is 1. The third-order valence-corrected chi connectivity index (χ3v) is 5.84. The number of ketones is 1. The van der Waals surface area contributed by atoms with E-state index in [2.05, 4.69) is 15.2 Å². The van der Waals surface area contributed by atoms with Crippen LogP contribution in [0.4, 0.5) is 0 Å². The summed E-state index contributed by atoms with van der Waals surface area (Å²) in [6, 6.07) is 11.3. The van der Waals surface area contributed by atoms with E-state index in [0.717, 1.165) is 11.1 Å². The fourth-order valence-corrected chi connectivity index (χ4v) is 3.53. The van der Waals surface area contributed by atoms with Crippen molar-refractivity contribution in [3.63, 3.8) is 0 Å². The molecule has 0 amide bonds. The molecular weight excluding hydrogens is 394 g/mol. The number of ether oxygens (including phenoxy) is 1. The quantitative estimate of drug-likeness (QED) is 0.417. The maximum atomic E-state index is 12.7. The van der Waals surface area contributed by atoms with Gasteiger partial charge >= 0.3 is 0 Å². The van der Waals surface area contributed by atoms with Gasteiger partial charge in [0.25, 0.3) is 0 Å². The highest BCUT2D eigenvalue weighted by atomic mass is 35.5. The second-order valence-corrected chi connectivity index (χ2v) is 8.40. The van der Waals surface area contributed by atoms with Crippen molar-refractivity contribution in [2.45, 2.75) is 44.7 Å². The van der Waals surface area contributed by atoms with Crippen LogP contribution in [-0.2, 0) is 6.61 Å². The van der Waals surface area contributed by atoms with Crippen molar-refractivity contribution < 1.29 is 9.53 Å². The highest BCUT2D eigenvalue weighted by Crippen LogP contribution is 2.24. The zero-order valence-electron chi connectivity index (χ0n) is 16.2. The third kappa shape index (κ3) is 4.94. The van der Waals surface area contributed by atoms with Gasteiger partial charge in [0.1, 0.15) is 12.4 Å². The summed E-state index contributed by atoms with van der Waals surface area (Å²) in [7, 11) is 0. The first kappa shape index (κ1) is 20.4. The molecule has 0 radical (unpaired) electrons. The predicted molar refractivity (Wildman–Crippen MR) is 112 cm³/mol. The lowest BCUT2D eigenvalue weighted by Crippen LogP contribution is -2.14. The van der Waals surface area contributed by atoms with Crippen molar-refractivity contribution in [3.05, 3.63) is 69.5 Å². The molecule has 2 aromatic carbocycles. The molecule has 3 rings (SSSR count). The molecule has 0 saturated heterocycles. The van der Waals surface area contributed by atoms with Gasteiger partial charge < -0.3 is 4.74 Å². The van der Waals surface area contributed by atoms with Gasteiger partial charge in [-0.2, -0.15) is 0 Å². The average Bonchev–Trinajstić information content (AvgIpc) is 3.11. The molecule has 1 heterocycles. The molecule has 1 aromatic heterocycles. The lowest BCUT2D eigenvalue weighted by atomic mass is 10.0. The number of nitrogens with zero attached hydrogens (tertiary/aromatic N) is 2. The van der Waals surface area contributed by atoms with Crippen LogP contribution in [0, 0.1) is 20.8 Å². The highest BCUT2D eigenvalue weighted by Gasteiger charge is 2.19. The number of aryl methyl sites for hydroxylation is 3. The van der Waals surface area contributed by atoms with Gasteiger partial charge in [0.05, 0.1) is 5.25 Å². The van der Waals surface area contributed by atoms with Crippen LogP contribution in [0.25, 0.3) is 0 Å². The first-order valence-corrected chi connectivity index (χ1v) is 10.2. The summed E-state index contributed by atoms with van der Waals surface area (Å²) in [6.07, 6.45) is 0. The maximum Gasteiger partial charge on any atom is 0.209 e. The van der Waals surface area contributed by atoms with E-state index in [9.17, 15) is 4.79 Å². The Hall–Kier alpha value is -2.31. The summed E-state index contributed by atoms with van der Waals surface area (Å²) in [4.78, 5) is 17.1. The van der Waals surface area contributed by atoms with Gasteiger partial charge in [-0.15, -0.1) is 5.10 Å². The molecule has 0 bridgehead atoms. The zero-order chi connectivity index (χ0) is 20.3. The average molecular weight is 416 g/mol. The van der Waals surface area contributed by atoms with Crippen molar-refractivity contribution in [1.82, 2.24) is 15.2 Å². The molecule has 3 aromatic rings. The molecule has 1 N–H and O–H groups in total. The lowest BCUT2D eigenvalue weighted by molar-refractivity contribution is 0.0994. The zero-order valence-corrected chi connectivity index (χ0v) is 17.8. The molecular formula is C21H22ClN3O2S. The summed E-state index contributed by atoms with van der Waals surface area (Å²) in [5.74, 6) is 1.37. The Bertz CT molecular complexity index is 1000. The van der Waals surface area contributed by atoms with Gasteiger partial charge in [-0.25, -0.2) is 4.98 Å². The second-order valence-electron chi connectivity index (χ2n) is 6.69. The van der Waals surface area contributed by atoms with E-state index in [1.54, 1.807) is 6.07 Å². The Kier molecular flexibility index (Phi) is 6.42. The van der Waals surface area contributed by atoms with Gasteiger partial charge in [0, 0.05) is 10.6 Å². The maximum absolute atomic E-state index is 12.7. The van der Waals surface area contributed by atoms with Crippen LogP contribution in [0.15, 0.2) is 41.6 Å². The first-order valence-electron chi connectivity index (χ1n) is 8.92. The lowest BCUT2D eigenvalue weighted by Gasteiger charge is -2.09. The number of aromatic amines is 1. The molecule has 0 aliphatic heterocycles. The first-order chi connectivity index (χ1) is 13.3. The van der Waals surface area contributed by atoms with E-state index in [1.807, 2.05) is 58.0 Å². The largest absolute Gasteiger partial charge is 0.486 e. The Morgan fingerprint density at radius 1 is 1.14 bits per heavy atom. The van der Waals surface area contributed by atoms with Gasteiger partial charge in [0.15, 0.2) is 11.6 Å². The van der Waals surface area contributed by atoms with Crippen LogP contribution in [0.1, 0.15) is 39.8 Å². The summed E-state index contributed by atoms with van der Waals surface area (Å²) < 4.78 is 5.72.